The van der Waals surface area contributed by atoms with Gasteiger partial charge in [-0.25, -0.2) is 9.80 Å². The highest BCUT2D eigenvalue weighted by molar-refractivity contribution is 5.91. The number of benzene rings is 1. The van der Waals surface area contributed by atoms with Crippen LogP contribution in [0.25, 0.3) is 0 Å². The van der Waals surface area contributed by atoms with Crippen LogP contribution in [0.2, 0.25) is 0 Å². The average Bonchev–Trinajstić information content (AvgIpc) is 2.86. The summed E-state index contributed by atoms with van der Waals surface area (Å²) in [5, 5.41) is 6.21. The molecular formula is C27H39N5O3. The Hall–Kier alpha value is -3.05. The number of rotatable bonds is 10. The molecule has 1 aromatic carbocycles. The van der Waals surface area contributed by atoms with Gasteiger partial charge < -0.3 is 15.1 Å². The zero-order valence-electron chi connectivity index (χ0n) is 21.3. The van der Waals surface area contributed by atoms with Gasteiger partial charge in [-0.05, 0) is 24.8 Å². The minimum absolute atomic E-state index is 0.00149. The van der Waals surface area contributed by atoms with E-state index in [0.29, 0.717) is 13.0 Å². The Morgan fingerprint density at radius 3 is 2.54 bits per heavy atom. The number of carbonyl (C=O) groups excluding carboxylic acids is 3. The Labute approximate surface area is 209 Å². The van der Waals surface area contributed by atoms with Gasteiger partial charge in [0.25, 0.3) is 0 Å². The minimum atomic E-state index is -0.592. The Morgan fingerprint density at radius 1 is 1.17 bits per heavy atom. The van der Waals surface area contributed by atoms with Gasteiger partial charge in [-0.1, -0.05) is 76.3 Å². The maximum atomic E-state index is 13.7. The summed E-state index contributed by atoms with van der Waals surface area (Å²) in [6.45, 7) is 7.02. The topological polar surface area (TPSA) is 76.2 Å². The van der Waals surface area contributed by atoms with Crippen LogP contribution in [0.15, 0.2) is 30.3 Å². The standard InChI is InChI=1S/C27H39N5O3/c1-5-9-16-23-26(34)30(22(8-4)13-6-2)19-24-31(23)25(33)20-29(17-7-3)32(24)27(35)28-18-21-14-11-10-12-15-21/h3,10-12,14-15,22-24H,5-6,8-9,13,16-20H2,1-2,4H3,(H,28,35)/t22?,23-,24-/m0/s1. The molecule has 3 rings (SSSR count). The first-order chi connectivity index (χ1) is 17.0. The lowest BCUT2D eigenvalue weighted by molar-refractivity contribution is -0.191. The molecule has 4 amide bonds. The Balaban J connectivity index is 1.95. The summed E-state index contributed by atoms with van der Waals surface area (Å²) in [7, 11) is 0. The number of terminal acetylenes is 1. The maximum absolute atomic E-state index is 13.7. The van der Waals surface area contributed by atoms with Gasteiger partial charge in [0.05, 0.1) is 19.6 Å². The molecule has 8 nitrogen and oxygen atoms in total. The van der Waals surface area contributed by atoms with Gasteiger partial charge in [0.2, 0.25) is 11.8 Å². The van der Waals surface area contributed by atoms with Crippen molar-refractivity contribution < 1.29 is 14.4 Å². The van der Waals surface area contributed by atoms with Crippen molar-refractivity contribution >= 4 is 17.8 Å². The monoisotopic (exact) mass is 481 g/mol. The van der Waals surface area contributed by atoms with E-state index in [-0.39, 0.29) is 43.5 Å². The van der Waals surface area contributed by atoms with Gasteiger partial charge in [-0.2, -0.15) is 5.01 Å². The molecule has 0 aromatic heterocycles. The van der Waals surface area contributed by atoms with E-state index in [2.05, 4.69) is 32.0 Å². The Bertz CT molecular complexity index is 915. The molecule has 0 aliphatic carbocycles. The van der Waals surface area contributed by atoms with Crippen LogP contribution in [0, 0.1) is 12.3 Å². The first-order valence-corrected chi connectivity index (χ1v) is 12.9. The molecule has 1 unspecified atom stereocenters. The molecule has 0 radical (unpaired) electrons. The van der Waals surface area contributed by atoms with Gasteiger partial charge in [0.15, 0.2) is 0 Å². The van der Waals surface area contributed by atoms with E-state index < -0.39 is 12.2 Å². The lowest BCUT2D eigenvalue weighted by Crippen LogP contribution is -2.77. The summed E-state index contributed by atoms with van der Waals surface area (Å²) in [5.41, 5.74) is 0.976. The van der Waals surface area contributed by atoms with Crippen molar-refractivity contribution in [3.63, 3.8) is 0 Å². The molecule has 2 aliphatic heterocycles. The third-order valence-corrected chi connectivity index (χ3v) is 6.91. The van der Waals surface area contributed by atoms with E-state index in [1.54, 1.807) is 14.9 Å². The van der Waals surface area contributed by atoms with Crippen molar-refractivity contribution in [3.05, 3.63) is 35.9 Å². The summed E-state index contributed by atoms with van der Waals surface area (Å²) < 4.78 is 0. The number of hydrogen-bond donors (Lipinski definition) is 1. The van der Waals surface area contributed by atoms with Crippen LogP contribution in [0.5, 0.6) is 0 Å². The second-order valence-corrected chi connectivity index (χ2v) is 9.30. The fourth-order valence-corrected chi connectivity index (χ4v) is 5.17. The fraction of sp³-hybridized carbons (Fsp3) is 0.593. The zero-order chi connectivity index (χ0) is 25.4. The fourth-order valence-electron chi connectivity index (χ4n) is 5.17. The molecule has 3 atom stereocenters. The van der Waals surface area contributed by atoms with E-state index in [1.807, 2.05) is 35.2 Å². The van der Waals surface area contributed by atoms with E-state index in [0.717, 1.165) is 37.7 Å². The van der Waals surface area contributed by atoms with Crippen LogP contribution in [0.3, 0.4) is 0 Å². The number of hydrazine groups is 1. The Morgan fingerprint density at radius 2 is 1.91 bits per heavy atom. The molecule has 35 heavy (non-hydrogen) atoms. The SMILES string of the molecule is C#CCN1CC(=O)N2[C@@H](CCCC)C(=O)N(C(CC)CCC)C[C@@H]2N1C(=O)NCc1ccccc1. The molecule has 1 aromatic rings. The number of hydrogen-bond acceptors (Lipinski definition) is 4. The van der Waals surface area contributed by atoms with E-state index in [4.69, 9.17) is 6.42 Å². The first kappa shape index (κ1) is 26.6. The first-order valence-electron chi connectivity index (χ1n) is 12.9. The molecule has 0 saturated carbocycles. The van der Waals surface area contributed by atoms with Crippen LogP contribution in [0.4, 0.5) is 4.79 Å². The highest BCUT2D eigenvalue weighted by Gasteiger charge is 2.51. The summed E-state index contributed by atoms with van der Waals surface area (Å²) in [5.74, 6) is 2.43. The molecular weight excluding hydrogens is 442 g/mol. The molecule has 1 N–H and O–H groups in total. The predicted octanol–water partition coefficient (Wildman–Crippen LogP) is 3.20. The van der Waals surface area contributed by atoms with Crippen LogP contribution in [-0.4, -0.2) is 75.5 Å². The quantitative estimate of drug-likeness (QED) is 0.521. The van der Waals surface area contributed by atoms with Gasteiger partial charge in [-0.15, -0.1) is 6.42 Å². The third kappa shape index (κ3) is 5.96. The third-order valence-electron chi connectivity index (χ3n) is 6.91. The van der Waals surface area contributed by atoms with E-state index >= 15 is 0 Å². The average molecular weight is 482 g/mol. The summed E-state index contributed by atoms with van der Waals surface area (Å²) in [6, 6.07) is 8.87. The number of nitrogens with one attached hydrogen (secondary N) is 1. The van der Waals surface area contributed by atoms with Crippen LogP contribution >= 0.6 is 0 Å². The number of amides is 4. The van der Waals surface area contributed by atoms with Crippen molar-refractivity contribution in [2.75, 3.05) is 19.6 Å². The number of piperazine rings is 1. The minimum Gasteiger partial charge on any atom is -0.334 e. The van der Waals surface area contributed by atoms with Crippen molar-refractivity contribution in [2.45, 2.75) is 84.1 Å². The van der Waals surface area contributed by atoms with Gasteiger partial charge >= 0.3 is 6.03 Å². The second-order valence-electron chi connectivity index (χ2n) is 9.30. The molecule has 2 aliphatic rings. The van der Waals surface area contributed by atoms with Crippen LogP contribution in [0.1, 0.15) is 64.9 Å². The van der Waals surface area contributed by atoms with Crippen molar-refractivity contribution in [1.29, 1.82) is 0 Å². The zero-order valence-corrected chi connectivity index (χ0v) is 21.3. The van der Waals surface area contributed by atoms with Crippen molar-refractivity contribution in [1.82, 2.24) is 25.1 Å². The van der Waals surface area contributed by atoms with E-state index in [9.17, 15) is 14.4 Å². The van der Waals surface area contributed by atoms with Crippen LogP contribution in [-0.2, 0) is 16.1 Å². The van der Waals surface area contributed by atoms with Gasteiger partial charge in [0, 0.05) is 12.6 Å². The smallest absolute Gasteiger partial charge is 0.334 e. The Kier molecular flexibility index (Phi) is 9.55. The lowest BCUT2D eigenvalue weighted by Gasteiger charge is -2.56. The maximum Gasteiger partial charge on any atom is 0.334 e. The van der Waals surface area contributed by atoms with Gasteiger partial charge in [0.1, 0.15) is 12.2 Å². The molecule has 0 spiro atoms. The molecule has 2 fully saturated rings. The number of fused-ring (bicyclic) bond motifs is 1. The highest BCUT2D eigenvalue weighted by atomic mass is 16.2. The molecule has 8 heteroatoms. The predicted molar refractivity (Wildman–Crippen MR) is 136 cm³/mol. The molecule has 0 bridgehead atoms. The number of urea groups is 1. The molecule has 190 valence electrons. The van der Waals surface area contributed by atoms with Crippen molar-refractivity contribution in [2.24, 2.45) is 0 Å². The largest absolute Gasteiger partial charge is 0.334 e. The van der Waals surface area contributed by atoms with Gasteiger partial charge in [-0.3, -0.25) is 9.59 Å². The normalized spacial score (nSPS) is 21.5. The summed E-state index contributed by atoms with van der Waals surface area (Å²) in [4.78, 5) is 44.1. The number of unbranched alkanes of at least 4 members (excludes halogenated alkanes) is 1. The summed E-state index contributed by atoms with van der Waals surface area (Å²) >= 11 is 0. The number of nitrogens with zero attached hydrogens (tertiary/aromatic N) is 4. The summed E-state index contributed by atoms with van der Waals surface area (Å²) in [6.07, 6.45) is 10.0. The lowest BCUT2D eigenvalue weighted by atomic mass is 9.97. The van der Waals surface area contributed by atoms with E-state index in [1.165, 1.54) is 0 Å². The number of carbonyl (C=O) groups is 3. The molecule has 2 saturated heterocycles. The van der Waals surface area contributed by atoms with Crippen LogP contribution < -0.4 is 5.32 Å². The highest BCUT2D eigenvalue weighted by Crippen LogP contribution is 2.31. The second kappa shape index (κ2) is 12.6. The van der Waals surface area contributed by atoms with Crippen molar-refractivity contribution in [3.8, 4) is 12.3 Å². The molecule has 2 heterocycles.